The van der Waals surface area contributed by atoms with Crippen LogP contribution in [0.2, 0.25) is 0 Å². The molecule has 4 rings (SSSR count). The maximum atomic E-state index is 13.6. The number of rotatable bonds is 9. The molecule has 0 spiro atoms. The van der Waals surface area contributed by atoms with Gasteiger partial charge in [-0.2, -0.15) is 13.2 Å². The topological polar surface area (TPSA) is 77.9 Å². The van der Waals surface area contributed by atoms with Crippen LogP contribution in [0, 0.1) is 11.8 Å². The van der Waals surface area contributed by atoms with Crippen molar-refractivity contribution >= 4 is 15.7 Å². The summed E-state index contributed by atoms with van der Waals surface area (Å²) in [6.07, 6.45) is -3.08. The normalized spacial score (nSPS) is 25.1. The number of hydrogen-bond acceptors (Lipinski definition) is 5. The number of benzene rings is 2. The lowest BCUT2D eigenvalue weighted by Crippen LogP contribution is -2.51. The number of halogens is 3. The van der Waals surface area contributed by atoms with Crippen molar-refractivity contribution in [1.82, 2.24) is 9.80 Å². The number of amides is 1. The second-order valence-corrected chi connectivity index (χ2v) is 13.6. The molecule has 2 aromatic rings. The first-order valence-electron chi connectivity index (χ1n) is 13.9. The van der Waals surface area contributed by atoms with Gasteiger partial charge < -0.3 is 14.9 Å². The van der Waals surface area contributed by atoms with Crippen LogP contribution >= 0.6 is 0 Å². The van der Waals surface area contributed by atoms with Crippen molar-refractivity contribution < 1.29 is 31.5 Å². The lowest BCUT2D eigenvalue weighted by molar-refractivity contribution is -0.138. The van der Waals surface area contributed by atoms with Crippen LogP contribution in [-0.4, -0.2) is 66.7 Å². The number of aliphatic hydroxyl groups excluding tert-OH is 1. The quantitative estimate of drug-likeness (QED) is 0.434. The maximum absolute atomic E-state index is 13.6. The number of alkyl halides is 3. The summed E-state index contributed by atoms with van der Waals surface area (Å²) >= 11 is 0. The lowest BCUT2D eigenvalue weighted by atomic mass is 9.80. The third-order valence-electron chi connectivity index (χ3n) is 8.70. The largest absolute Gasteiger partial charge is 0.416 e. The van der Waals surface area contributed by atoms with Crippen LogP contribution in [0.25, 0.3) is 0 Å². The second kappa shape index (κ2) is 12.2. The molecule has 0 radical (unpaired) electrons. The molecule has 0 bridgehead atoms. The molecule has 5 atom stereocenters. The molecule has 1 heterocycles. The summed E-state index contributed by atoms with van der Waals surface area (Å²) in [5.74, 6) is -1.02. The fraction of sp³-hybridized carbons (Fsp3) is 0.567. The third-order valence-corrected chi connectivity index (χ3v) is 10.6. The van der Waals surface area contributed by atoms with Crippen LogP contribution in [0.4, 0.5) is 13.2 Å². The Hall–Kier alpha value is -2.43. The zero-order valence-electron chi connectivity index (χ0n) is 23.2. The van der Waals surface area contributed by atoms with Crippen LogP contribution in [0.1, 0.15) is 63.2 Å². The number of carbonyl (C=O) groups is 1. The average molecular weight is 581 g/mol. The summed E-state index contributed by atoms with van der Waals surface area (Å²) in [7, 11) is -1.54. The van der Waals surface area contributed by atoms with Crippen molar-refractivity contribution in [3.8, 4) is 0 Å². The Morgan fingerprint density at radius 2 is 1.75 bits per heavy atom. The van der Waals surface area contributed by atoms with Crippen LogP contribution in [0.3, 0.4) is 0 Å². The van der Waals surface area contributed by atoms with Crippen molar-refractivity contribution in [2.45, 2.75) is 81.3 Å². The highest BCUT2D eigenvalue weighted by molar-refractivity contribution is 7.91. The fourth-order valence-electron chi connectivity index (χ4n) is 6.25. The lowest BCUT2D eigenvalue weighted by Gasteiger charge is -2.44. The van der Waals surface area contributed by atoms with Gasteiger partial charge in [0, 0.05) is 30.6 Å². The van der Waals surface area contributed by atoms with E-state index < -0.39 is 33.6 Å². The van der Waals surface area contributed by atoms with Gasteiger partial charge >= 0.3 is 6.18 Å². The summed E-state index contributed by atoms with van der Waals surface area (Å²) in [5, 5.41) is 10.7. The van der Waals surface area contributed by atoms with Gasteiger partial charge in [-0.15, -0.1) is 0 Å². The zero-order chi connectivity index (χ0) is 29.2. The molecule has 0 aromatic heterocycles. The van der Waals surface area contributed by atoms with Gasteiger partial charge in [0.25, 0.3) is 0 Å². The summed E-state index contributed by atoms with van der Waals surface area (Å²) in [6.45, 7) is 4.65. The van der Waals surface area contributed by atoms with Crippen molar-refractivity contribution in [1.29, 1.82) is 0 Å². The van der Waals surface area contributed by atoms with Crippen LogP contribution in [0.5, 0.6) is 0 Å². The zero-order valence-corrected chi connectivity index (χ0v) is 24.0. The minimum absolute atomic E-state index is 0.0229. The van der Waals surface area contributed by atoms with Gasteiger partial charge in [-0.05, 0) is 88.7 Å². The van der Waals surface area contributed by atoms with Crippen molar-refractivity contribution in [2.75, 3.05) is 19.3 Å². The Kier molecular flexibility index (Phi) is 9.31. The van der Waals surface area contributed by atoms with E-state index >= 15 is 0 Å². The highest BCUT2D eigenvalue weighted by Gasteiger charge is 2.44. The minimum Gasteiger partial charge on any atom is -0.388 e. The van der Waals surface area contributed by atoms with E-state index in [1.807, 2.05) is 7.05 Å². The molecule has 6 nitrogen and oxygen atoms in total. The van der Waals surface area contributed by atoms with Gasteiger partial charge in [0.15, 0.2) is 9.84 Å². The van der Waals surface area contributed by atoms with Crippen molar-refractivity contribution in [3.05, 3.63) is 65.7 Å². The smallest absolute Gasteiger partial charge is 0.388 e. The molecule has 1 unspecified atom stereocenters. The Balaban J connectivity index is 1.51. The van der Waals surface area contributed by atoms with Crippen LogP contribution < -0.4 is 0 Å². The number of aliphatic hydroxyl groups is 1. The number of hydrogen-bond donors (Lipinski definition) is 1. The first-order chi connectivity index (χ1) is 18.8. The number of carbonyl (C=O) groups excluding carboxylic acids is 1. The summed E-state index contributed by atoms with van der Waals surface area (Å²) < 4.78 is 66.2. The van der Waals surface area contributed by atoms with Gasteiger partial charge in [-0.25, -0.2) is 8.42 Å². The van der Waals surface area contributed by atoms with E-state index in [0.717, 1.165) is 18.6 Å². The average Bonchev–Trinajstić information content (AvgIpc) is 3.27. The highest BCUT2D eigenvalue weighted by Crippen LogP contribution is 2.39. The number of likely N-dealkylation sites (tertiary alicyclic amines) is 1. The van der Waals surface area contributed by atoms with Gasteiger partial charge in [-0.1, -0.05) is 30.3 Å². The Bertz CT molecular complexity index is 1270. The Labute approximate surface area is 235 Å². The summed E-state index contributed by atoms with van der Waals surface area (Å²) in [6, 6.07) is 13.2. The van der Waals surface area contributed by atoms with E-state index in [1.165, 1.54) is 12.1 Å². The molecule has 1 saturated heterocycles. The molecule has 40 heavy (non-hydrogen) atoms. The molecule has 2 aromatic carbocycles. The molecule has 1 amide bonds. The van der Waals surface area contributed by atoms with E-state index in [-0.39, 0.29) is 46.5 Å². The molecule has 220 valence electrons. The number of sulfone groups is 1. The molecular weight excluding hydrogens is 541 g/mol. The Morgan fingerprint density at radius 3 is 2.40 bits per heavy atom. The first-order valence-corrected chi connectivity index (χ1v) is 15.6. The maximum Gasteiger partial charge on any atom is 0.416 e. The van der Waals surface area contributed by atoms with E-state index in [0.29, 0.717) is 31.8 Å². The predicted octanol–water partition coefficient (Wildman–Crippen LogP) is 5.33. The monoisotopic (exact) mass is 580 g/mol. The molecule has 1 aliphatic carbocycles. The highest BCUT2D eigenvalue weighted by atomic mass is 32.2. The summed E-state index contributed by atoms with van der Waals surface area (Å²) in [4.78, 5) is 17.9. The third kappa shape index (κ3) is 6.89. The molecule has 2 fully saturated rings. The van der Waals surface area contributed by atoms with E-state index in [9.17, 15) is 31.5 Å². The molecule has 1 aliphatic heterocycles. The fourth-order valence-corrected chi connectivity index (χ4v) is 7.94. The van der Waals surface area contributed by atoms with Crippen molar-refractivity contribution in [3.63, 3.8) is 0 Å². The molecule has 10 heteroatoms. The standard InChI is InChI=1S/C30H39F3N2O4S/c1-20(2)34(3)25-12-13-27(23(17-25)19-40(38,39)26-10-5-4-6-11-26)35-15-14-22(29(35)37)18-28(36)21-8-7-9-24(16-21)30(31,32)33/h4-11,16,20,22-23,25,27-28,36H,12-15,17-19H2,1-3H3/t22-,23-,25+,27-,28?/m0/s1. The summed E-state index contributed by atoms with van der Waals surface area (Å²) in [5.41, 5.74) is -0.709. The van der Waals surface area contributed by atoms with Gasteiger partial charge in [0.05, 0.1) is 22.3 Å². The van der Waals surface area contributed by atoms with Gasteiger partial charge in [0.2, 0.25) is 5.91 Å². The van der Waals surface area contributed by atoms with E-state index in [4.69, 9.17) is 0 Å². The molecule has 2 aliphatic rings. The van der Waals surface area contributed by atoms with Gasteiger partial charge in [-0.3, -0.25) is 4.79 Å². The van der Waals surface area contributed by atoms with E-state index in [2.05, 4.69) is 18.7 Å². The molecule has 1 saturated carbocycles. The number of nitrogens with zero attached hydrogens (tertiary/aromatic N) is 2. The van der Waals surface area contributed by atoms with E-state index in [1.54, 1.807) is 35.2 Å². The van der Waals surface area contributed by atoms with Crippen LogP contribution in [0.15, 0.2) is 59.5 Å². The van der Waals surface area contributed by atoms with Gasteiger partial charge in [0.1, 0.15) is 0 Å². The SMILES string of the molecule is CC(C)N(C)[C@@H]1CC[C@H](N2CC[C@@H](CC(O)c3cccc(C(F)(F)F)c3)C2=O)[C@H](CS(=O)(=O)c2ccccc2)C1. The van der Waals surface area contributed by atoms with Crippen molar-refractivity contribution in [2.24, 2.45) is 11.8 Å². The first kappa shape index (κ1) is 30.5. The molecule has 1 N–H and O–H groups in total. The predicted molar refractivity (Wildman–Crippen MR) is 147 cm³/mol. The molecular formula is C30H39F3N2O4S. The second-order valence-electron chi connectivity index (χ2n) is 11.5. The Morgan fingerprint density at radius 1 is 1.05 bits per heavy atom. The van der Waals surface area contributed by atoms with Crippen LogP contribution in [-0.2, 0) is 20.8 Å². The minimum atomic E-state index is -4.52.